The van der Waals surface area contributed by atoms with E-state index in [1.807, 2.05) is 0 Å². The van der Waals surface area contributed by atoms with Crippen molar-refractivity contribution in [2.45, 2.75) is 32.0 Å². The van der Waals surface area contributed by atoms with E-state index in [4.69, 9.17) is 0 Å². The van der Waals surface area contributed by atoms with E-state index in [0.29, 0.717) is 19.6 Å². The van der Waals surface area contributed by atoms with Gasteiger partial charge in [-0.2, -0.15) is 13.2 Å². The molecular weight excluding hydrogens is 323 g/mol. The van der Waals surface area contributed by atoms with Crippen LogP contribution >= 0.6 is 0 Å². The number of carbonyl (C=O) groups is 2. The predicted molar refractivity (Wildman–Crippen MR) is 82.3 cm³/mol. The van der Waals surface area contributed by atoms with Gasteiger partial charge in [0.2, 0.25) is 5.91 Å². The minimum Gasteiger partial charge on any atom is -0.354 e. The van der Waals surface area contributed by atoms with Crippen LogP contribution in [0, 0.1) is 0 Å². The van der Waals surface area contributed by atoms with Crippen molar-refractivity contribution >= 4 is 11.9 Å². The van der Waals surface area contributed by atoms with Crippen molar-refractivity contribution in [2.24, 2.45) is 0 Å². The maximum Gasteiger partial charge on any atom is 0.416 e. The Kier molecular flexibility index (Phi) is 5.69. The van der Waals surface area contributed by atoms with Crippen molar-refractivity contribution in [3.05, 3.63) is 35.4 Å². The largest absolute Gasteiger partial charge is 0.416 e. The van der Waals surface area contributed by atoms with E-state index in [0.717, 1.165) is 6.07 Å². The zero-order chi connectivity index (χ0) is 17.7. The third-order valence-corrected chi connectivity index (χ3v) is 3.82. The van der Waals surface area contributed by atoms with Crippen molar-refractivity contribution in [2.75, 3.05) is 19.6 Å². The number of alkyl halides is 3. The molecule has 0 radical (unpaired) electrons. The number of amides is 3. The maximum absolute atomic E-state index is 13.0. The van der Waals surface area contributed by atoms with E-state index in [1.165, 1.54) is 17.0 Å². The van der Waals surface area contributed by atoms with Gasteiger partial charge < -0.3 is 15.5 Å². The number of halogens is 3. The number of benzene rings is 1. The second-order valence-electron chi connectivity index (χ2n) is 5.80. The second-order valence-corrected chi connectivity index (χ2v) is 5.80. The fourth-order valence-corrected chi connectivity index (χ4v) is 2.63. The Balaban J connectivity index is 1.97. The highest BCUT2D eigenvalue weighted by Crippen LogP contribution is 2.32. The lowest BCUT2D eigenvalue weighted by Gasteiger charge is -2.24. The minimum atomic E-state index is -4.42. The van der Waals surface area contributed by atoms with E-state index in [1.54, 1.807) is 13.0 Å². The summed E-state index contributed by atoms with van der Waals surface area (Å²) in [6.45, 7) is 2.71. The Morgan fingerprint density at radius 1 is 1.33 bits per heavy atom. The number of rotatable bonds is 3. The Labute approximate surface area is 138 Å². The van der Waals surface area contributed by atoms with Gasteiger partial charge in [-0.1, -0.05) is 18.2 Å². The van der Waals surface area contributed by atoms with Crippen LogP contribution in [0.15, 0.2) is 24.3 Å². The molecule has 24 heavy (non-hydrogen) atoms. The van der Waals surface area contributed by atoms with Crippen LogP contribution in [-0.4, -0.2) is 42.5 Å². The summed E-state index contributed by atoms with van der Waals surface area (Å²) >= 11 is 0. The van der Waals surface area contributed by atoms with Crippen molar-refractivity contribution in [1.29, 1.82) is 0 Å². The molecule has 1 heterocycles. The Bertz CT molecular complexity index is 604. The molecule has 1 atom stereocenters. The molecule has 1 aliphatic heterocycles. The third-order valence-electron chi connectivity index (χ3n) is 3.82. The molecule has 1 saturated heterocycles. The van der Waals surface area contributed by atoms with Gasteiger partial charge in [0.1, 0.15) is 0 Å². The molecule has 3 amide bonds. The van der Waals surface area contributed by atoms with Crippen molar-refractivity contribution in [1.82, 2.24) is 15.5 Å². The lowest BCUT2D eigenvalue weighted by Crippen LogP contribution is -2.45. The average Bonchev–Trinajstić information content (AvgIpc) is 2.71. The van der Waals surface area contributed by atoms with Gasteiger partial charge >= 0.3 is 12.2 Å². The first-order valence-electron chi connectivity index (χ1n) is 7.74. The summed E-state index contributed by atoms with van der Waals surface area (Å²) in [6.07, 6.45) is -4.12. The van der Waals surface area contributed by atoms with E-state index in [-0.39, 0.29) is 30.3 Å². The summed E-state index contributed by atoms with van der Waals surface area (Å²) in [5, 5.41) is 5.36. The van der Waals surface area contributed by atoms with E-state index < -0.39 is 17.8 Å². The second kappa shape index (κ2) is 7.55. The normalized spacial score (nSPS) is 17.0. The van der Waals surface area contributed by atoms with Crippen molar-refractivity contribution in [3.8, 4) is 0 Å². The molecule has 1 aromatic rings. The molecule has 1 unspecified atom stereocenters. The highest BCUT2D eigenvalue weighted by Gasteiger charge is 2.33. The highest BCUT2D eigenvalue weighted by molar-refractivity contribution is 5.79. The summed E-state index contributed by atoms with van der Waals surface area (Å²) in [5.74, 6) is -0.113. The molecule has 132 valence electrons. The van der Waals surface area contributed by atoms with E-state index in [9.17, 15) is 22.8 Å². The quantitative estimate of drug-likeness (QED) is 0.884. The van der Waals surface area contributed by atoms with Gasteiger partial charge in [0.25, 0.3) is 0 Å². The molecule has 2 rings (SSSR count). The van der Waals surface area contributed by atoms with Gasteiger partial charge in [0.15, 0.2) is 0 Å². The molecule has 8 heteroatoms. The minimum absolute atomic E-state index is 0.0758. The molecule has 2 N–H and O–H groups in total. The van der Waals surface area contributed by atoms with Crippen LogP contribution in [0.1, 0.15) is 24.5 Å². The van der Waals surface area contributed by atoms with E-state index >= 15 is 0 Å². The number of urea groups is 1. The topological polar surface area (TPSA) is 61.4 Å². The third kappa shape index (κ3) is 4.87. The first-order valence-corrected chi connectivity index (χ1v) is 7.74. The maximum atomic E-state index is 13.0. The Morgan fingerprint density at radius 3 is 2.75 bits per heavy atom. The molecule has 1 aromatic carbocycles. The van der Waals surface area contributed by atoms with Crippen LogP contribution < -0.4 is 10.6 Å². The molecule has 0 spiro atoms. The van der Waals surface area contributed by atoms with Gasteiger partial charge in [0, 0.05) is 32.1 Å². The predicted octanol–water partition coefficient (Wildman–Crippen LogP) is 2.17. The van der Waals surface area contributed by atoms with Crippen LogP contribution in [-0.2, 0) is 17.4 Å². The number of nitrogens with zero attached hydrogens (tertiary/aromatic N) is 1. The van der Waals surface area contributed by atoms with Crippen LogP contribution in [0.5, 0.6) is 0 Å². The van der Waals surface area contributed by atoms with Crippen molar-refractivity contribution in [3.63, 3.8) is 0 Å². The first-order chi connectivity index (χ1) is 11.3. The molecule has 1 fully saturated rings. The van der Waals surface area contributed by atoms with Crippen LogP contribution in [0.25, 0.3) is 0 Å². The van der Waals surface area contributed by atoms with Crippen LogP contribution in [0.2, 0.25) is 0 Å². The summed E-state index contributed by atoms with van der Waals surface area (Å²) < 4.78 is 39.0. The molecule has 1 aliphatic rings. The summed E-state index contributed by atoms with van der Waals surface area (Å²) in [4.78, 5) is 25.0. The molecule has 0 aromatic heterocycles. The van der Waals surface area contributed by atoms with Gasteiger partial charge in [-0.05, 0) is 25.0 Å². The summed E-state index contributed by atoms with van der Waals surface area (Å²) in [5.41, 5.74) is -0.541. The zero-order valence-corrected chi connectivity index (χ0v) is 13.3. The smallest absolute Gasteiger partial charge is 0.354 e. The summed E-state index contributed by atoms with van der Waals surface area (Å²) in [7, 11) is 0. The highest BCUT2D eigenvalue weighted by atomic mass is 19.4. The van der Waals surface area contributed by atoms with Gasteiger partial charge in [0.05, 0.1) is 5.56 Å². The van der Waals surface area contributed by atoms with E-state index in [2.05, 4.69) is 10.6 Å². The summed E-state index contributed by atoms with van der Waals surface area (Å²) in [6, 6.07) is 4.51. The SMILES string of the molecule is CC(Cc1ccccc1C(F)(F)F)NC(=O)N1CCNC(=O)CC1. The fourth-order valence-electron chi connectivity index (χ4n) is 2.63. The molecule has 0 aliphatic carbocycles. The number of hydrogen-bond donors (Lipinski definition) is 2. The standard InChI is InChI=1S/C16H20F3N3O2/c1-11(10-12-4-2-3-5-13(12)16(17,18)19)21-15(24)22-8-6-14(23)20-7-9-22/h2-5,11H,6-10H2,1H3,(H,20,23)(H,21,24). The molecular formula is C16H20F3N3O2. The number of hydrogen-bond acceptors (Lipinski definition) is 2. The number of nitrogens with one attached hydrogen (secondary N) is 2. The first kappa shape index (κ1) is 18.1. The average molecular weight is 343 g/mol. The fraction of sp³-hybridized carbons (Fsp3) is 0.500. The van der Waals surface area contributed by atoms with Gasteiger partial charge in [-0.15, -0.1) is 0 Å². The lowest BCUT2D eigenvalue weighted by molar-refractivity contribution is -0.138. The van der Waals surface area contributed by atoms with Gasteiger partial charge in [-0.25, -0.2) is 4.79 Å². The molecule has 0 saturated carbocycles. The molecule has 0 bridgehead atoms. The monoisotopic (exact) mass is 343 g/mol. The Morgan fingerprint density at radius 2 is 2.04 bits per heavy atom. The Hall–Kier alpha value is -2.25. The van der Waals surface area contributed by atoms with Crippen LogP contribution in [0.3, 0.4) is 0 Å². The lowest BCUT2D eigenvalue weighted by atomic mass is 10.0. The van der Waals surface area contributed by atoms with Crippen LogP contribution in [0.4, 0.5) is 18.0 Å². The zero-order valence-electron chi connectivity index (χ0n) is 13.3. The van der Waals surface area contributed by atoms with Gasteiger partial charge in [-0.3, -0.25) is 4.79 Å². The van der Waals surface area contributed by atoms with Crippen molar-refractivity contribution < 1.29 is 22.8 Å². The molecule has 5 nitrogen and oxygen atoms in total. The number of carbonyl (C=O) groups excluding carboxylic acids is 2.